The highest BCUT2D eigenvalue weighted by Crippen LogP contribution is 2.13. The molecule has 0 aliphatic carbocycles. The molecule has 0 amide bonds. The van der Waals surface area contributed by atoms with Crippen LogP contribution in [0.1, 0.15) is 12.8 Å². The van der Waals surface area contributed by atoms with Crippen molar-refractivity contribution < 1.29 is 9.84 Å². The summed E-state index contributed by atoms with van der Waals surface area (Å²) in [6, 6.07) is 0. The maximum Gasteiger partial charge on any atom is 0.130 e. The standard InChI is InChI=1S/C5H8O2/c6-4-5-2-1-3-7-5/h4,6H,1-3H2/b5-4-. The van der Waals surface area contributed by atoms with Crippen LogP contribution in [0.25, 0.3) is 0 Å². The van der Waals surface area contributed by atoms with Crippen molar-refractivity contribution in [2.24, 2.45) is 0 Å². The largest absolute Gasteiger partial charge is 0.512 e. The van der Waals surface area contributed by atoms with E-state index in [-0.39, 0.29) is 0 Å². The van der Waals surface area contributed by atoms with Gasteiger partial charge in [-0.05, 0) is 6.42 Å². The molecular formula is C5H8O2. The third-order valence-corrected chi connectivity index (χ3v) is 0.999. The van der Waals surface area contributed by atoms with Crippen molar-refractivity contribution in [3.63, 3.8) is 0 Å². The Hall–Kier alpha value is -0.660. The number of rotatable bonds is 0. The van der Waals surface area contributed by atoms with E-state index in [4.69, 9.17) is 9.84 Å². The summed E-state index contributed by atoms with van der Waals surface area (Å²) >= 11 is 0. The minimum Gasteiger partial charge on any atom is -0.512 e. The third-order valence-electron chi connectivity index (χ3n) is 0.999. The molecule has 2 nitrogen and oxygen atoms in total. The molecule has 1 heterocycles. The van der Waals surface area contributed by atoms with Crippen molar-refractivity contribution in [3.8, 4) is 0 Å². The van der Waals surface area contributed by atoms with Crippen LogP contribution >= 0.6 is 0 Å². The van der Waals surface area contributed by atoms with E-state index in [2.05, 4.69) is 0 Å². The second-order valence-corrected chi connectivity index (χ2v) is 1.55. The Kier molecular flexibility index (Phi) is 1.20. The second kappa shape index (κ2) is 1.87. The molecule has 0 radical (unpaired) electrons. The van der Waals surface area contributed by atoms with Gasteiger partial charge in [0.15, 0.2) is 0 Å². The predicted molar refractivity (Wildman–Crippen MR) is 25.9 cm³/mol. The highest BCUT2D eigenvalue weighted by atomic mass is 16.5. The lowest BCUT2D eigenvalue weighted by Gasteiger charge is -1.90. The van der Waals surface area contributed by atoms with Gasteiger partial charge < -0.3 is 9.84 Å². The molecule has 0 spiro atoms. The zero-order chi connectivity index (χ0) is 5.11. The Balaban J connectivity index is 2.41. The molecule has 40 valence electrons. The Morgan fingerprint density at radius 3 is 2.86 bits per heavy atom. The zero-order valence-electron chi connectivity index (χ0n) is 4.05. The molecule has 0 unspecified atom stereocenters. The second-order valence-electron chi connectivity index (χ2n) is 1.55. The molecular weight excluding hydrogens is 92.1 g/mol. The third kappa shape index (κ3) is 0.856. The molecule has 0 aromatic rings. The molecule has 1 rings (SSSR count). The molecule has 0 aromatic heterocycles. The van der Waals surface area contributed by atoms with E-state index in [1.165, 1.54) is 0 Å². The molecule has 0 saturated carbocycles. The molecule has 1 fully saturated rings. The van der Waals surface area contributed by atoms with Crippen LogP contribution in [0, 0.1) is 0 Å². The van der Waals surface area contributed by atoms with E-state index in [1.807, 2.05) is 0 Å². The van der Waals surface area contributed by atoms with E-state index in [0.717, 1.165) is 31.5 Å². The van der Waals surface area contributed by atoms with Gasteiger partial charge in [-0.1, -0.05) is 0 Å². The lowest BCUT2D eigenvalue weighted by molar-refractivity contribution is 0.249. The van der Waals surface area contributed by atoms with Crippen LogP contribution in [0.4, 0.5) is 0 Å². The Labute approximate surface area is 42.4 Å². The normalized spacial score (nSPS) is 25.4. The minimum absolute atomic E-state index is 0.722. The number of aliphatic hydroxyl groups is 1. The first kappa shape index (κ1) is 4.50. The molecule has 2 heteroatoms. The highest BCUT2D eigenvalue weighted by Gasteiger charge is 2.05. The van der Waals surface area contributed by atoms with E-state index >= 15 is 0 Å². The van der Waals surface area contributed by atoms with E-state index < -0.39 is 0 Å². The molecule has 1 aliphatic rings. The number of hydrogen-bond acceptors (Lipinski definition) is 2. The Morgan fingerprint density at radius 1 is 1.71 bits per heavy atom. The average molecular weight is 100 g/mol. The summed E-state index contributed by atoms with van der Waals surface area (Å²) in [6.45, 7) is 0.770. The van der Waals surface area contributed by atoms with Gasteiger partial charge >= 0.3 is 0 Å². The van der Waals surface area contributed by atoms with Crippen LogP contribution in [-0.4, -0.2) is 11.7 Å². The SMILES string of the molecule is O/C=C1/CCCO1. The first-order chi connectivity index (χ1) is 3.43. The first-order valence-electron chi connectivity index (χ1n) is 2.39. The lowest BCUT2D eigenvalue weighted by Crippen LogP contribution is -1.76. The quantitative estimate of drug-likeness (QED) is 0.463. The number of aliphatic hydroxyl groups excluding tert-OH is 1. The summed E-state index contributed by atoms with van der Waals surface area (Å²) in [5.41, 5.74) is 0. The fourth-order valence-electron chi connectivity index (χ4n) is 0.624. The van der Waals surface area contributed by atoms with Crippen molar-refractivity contribution in [2.45, 2.75) is 12.8 Å². The van der Waals surface area contributed by atoms with E-state index in [0.29, 0.717) is 0 Å². The lowest BCUT2D eigenvalue weighted by atomic mass is 10.3. The van der Waals surface area contributed by atoms with Gasteiger partial charge in [0.2, 0.25) is 0 Å². The Morgan fingerprint density at radius 2 is 2.57 bits per heavy atom. The van der Waals surface area contributed by atoms with Gasteiger partial charge in [0.25, 0.3) is 0 Å². The smallest absolute Gasteiger partial charge is 0.130 e. The molecule has 1 N–H and O–H groups in total. The van der Waals surface area contributed by atoms with Crippen molar-refractivity contribution >= 4 is 0 Å². The van der Waals surface area contributed by atoms with Crippen molar-refractivity contribution in [1.29, 1.82) is 0 Å². The number of hydrogen-bond donors (Lipinski definition) is 1. The van der Waals surface area contributed by atoms with Crippen molar-refractivity contribution in [1.82, 2.24) is 0 Å². The van der Waals surface area contributed by atoms with Crippen molar-refractivity contribution in [2.75, 3.05) is 6.61 Å². The van der Waals surface area contributed by atoms with E-state index in [1.54, 1.807) is 0 Å². The van der Waals surface area contributed by atoms with Gasteiger partial charge in [-0.2, -0.15) is 0 Å². The summed E-state index contributed by atoms with van der Waals surface area (Å²) in [4.78, 5) is 0. The maximum absolute atomic E-state index is 8.28. The molecule has 1 aliphatic heterocycles. The molecule has 0 atom stereocenters. The van der Waals surface area contributed by atoms with Gasteiger partial charge in [-0.3, -0.25) is 0 Å². The monoisotopic (exact) mass is 100 g/mol. The zero-order valence-corrected chi connectivity index (χ0v) is 4.05. The predicted octanol–water partition coefficient (Wildman–Crippen LogP) is 1.20. The van der Waals surface area contributed by atoms with Crippen LogP contribution in [0.5, 0.6) is 0 Å². The Bertz CT molecular complexity index is 78.1. The molecule has 0 aromatic carbocycles. The summed E-state index contributed by atoms with van der Waals surface area (Å²) in [5, 5.41) is 8.28. The molecule has 0 bridgehead atoms. The summed E-state index contributed by atoms with van der Waals surface area (Å²) < 4.78 is 4.91. The summed E-state index contributed by atoms with van der Waals surface area (Å²) in [6.07, 6.45) is 2.98. The average Bonchev–Trinajstić information content (AvgIpc) is 2.14. The fourth-order valence-corrected chi connectivity index (χ4v) is 0.624. The summed E-state index contributed by atoms with van der Waals surface area (Å²) in [5.74, 6) is 0.722. The van der Waals surface area contributed by atoms with Gasteiger partial charge in [-0.25, -0.2) is 0 Å². The van der Waals surface area contributed by atoms with Gasteiger partial charge in [0, 0.05) is 6.42 Å². The highest BCUT2D eigenvalue weighted by molar-refractivity contribution is 4.89. The van der Waals surface area contributed by atoms with Crippen LogP contribution < -0.4 is 0 Å². The van der Waals surface area contributed by atoms with Crippen LogP contribution in [0.15, 0.2) is 12.0 Å². The number of allylic oxidation sites excluding steroid dienone is 1. The molecule has 1 saturated heterocycles. The fraction of sp³-hybridized carbons (Fsp3) is 0.600. The maximum atomic E-state index is 8.28. The van der Waals surface area contributed by atoms with Crippen LogP contribution in [0.2, 0.25) is 0 Å². The van der Waals surface area contributed by atoms with Crippen LogP contribution in [0.3, 0.4) is 0 Å². The number of ether oxygens (including phenoxy) is 1. The van der Waals surface area contributed by atoms with Gasteiger partial charge in [0.1, 0.15) is 12.0 Å². The van der Waals surface area contributed by atoms with E-state index in [9.17, 15) is 0 Å². The van der Waals surface area contributed by atoms with Gasteiger partial charge in [-0.15, -0.1) is 0 Å². The van der Waals surface area contributed by atoms with Crippen molar-refractivity contribution in [3.05, 3.63) is 12.0 Å². The first-order valence-corrected chi connectivity index (χ1v) is 2.39. The van der Waals surface area contributed by atoms with Crippen LogP contribution in [-0.2, 0) is 4.74 Å². The molecule has 7 heavy (non-hydrogen) atoms. The van der Waals surface area contributed by atoms with Gasteiger partial charge in [0.05, 0.1) is 6.61 Å². The summed E-state index contributed by atoms with van der Waals surface area (Å²) in [7, 11) is 0. The topological polar surface area (TPSA) is 29.5 Å². The minimum atomic E-state index is 0.722.